The molecule has 3 heteroatoms. The number of benzene rings is 2. The molecule has 1 atom stereocenters. The zero-order valence-corrected chi connectivity index (χ0v) is 14.6. The second kappa shape index (κ2) is 7.32. The van der Waals surface area contributed by atoms with Crippen LogP contribution in [0.3, 0.4) is 0 Å². The van der Waals surface area contributed by atoms with Crippen LogP contribution in [0.2, 0.25) is 0 Å². The summed E-state index contributed by atoms with van der Waals surface area (Å²) in [7, 11) is 0. The fraction of sp³-hybridized carbons (Fsp3) is 0.364. The first-order valence-electron chi connectivity index (χ1n) is 9.37. The minimum Gasteiger partial charge on any atom is -0.322 e. The molecule has 0 saturated heterocycles. The van der Waals surface area contributed by atoms with Gasteiger partial charge in [0, 0.05) is 11.3 Å². The van der Waals surface area contributed by atoms with Gasteiger partial charge in [0.15, 0.2) is 0 Å². The van der Waals surface area contributed by atoms with Gasteiger partial charge in [0.2, 0.25) is 0 Å². The molecule has 1 aliphatic carbocycles. The Morgan fingerprint density at radius 3 is 2.40 bits per heavy atom. The number of para-hydroxylation sites is 1. The molecule has 1 heterocycles. The Morgan fingerprint density at radius 1 is 0.880 bits per heavy atom. The number of fused-ring (bicyclic) bond motifs is 1. The monoisotopic (exact) mass is 331 g/mol. The van der Waals surface area contributed by atoms with Crippen molar-refractivity contribution in [1.82, 2.24) is 9.97 Å². The molecule has 128 valence electrons. The molecular formula is C22H25N3. The molecule has 2 aromatic carbocycles. The van der Waals surface area contributed by atoms with Crippen LogP contribution in [0.25, 0.3) is 10.9 Å². The van der Waals surface area contributed by atoms with Crippen molar-refractivity contribution in [2.24, 2.45) is 5.73 Å². The molecule has 4 rings (SSSR count). The van der Waals surface area contributed by atoms with E-state index in [0.29, 0.717) is 5.92 Å². The summed E-state index contributed by atoms with van der Waals surface area (Å²) in [5.41, 5.74) is 9.87. The standard InChI is InChI=1S/C22H25N3/c23-19(15-16-9-3-1-4-10-16)21-18-13-7-8-14-20(18)24-22(25-21)17-11-5-2-6-12-17/h1,3-4,7-10,13-14,17,19H,2,5-6,11-12,15,23H2. The summed E-state index contributed by atoms with van der Waals surface area (Å²) in [6, 6.07) is 18.6. The van der Waals surface area contributed by atoms with E-state index in [0.717, 1.165) is 28.8 Å². The number of nitrogens with two attached hydrogens (primary N) is 1. The lowest BCUT2D eigenvalue weighted by molar-refractivity contribution is 0.428. The van der Waals surface area contributed by atoms with Crippen LogP contribution < -0.4 is 5.73 Å². The Balaban J connectivity index is 1.72. The highest BCUT2D eigenvalue weighted by Gasteiger charge is 2.21. The average Bonchev–Trinajstić information content (AvgIpc) is 2.68. The third-order valence-electron chi connectivity index (χ3n) is 5.27. The van der Waals surface area contributed by atoms with E-state index >= 15 is 0 Å². The highest BCUT2D eigenvalue weighted by atomic mass is 14.9. The molecule has 0 radical (unpaired) electrons. The molecule has 0 amide bonds. The highest BCUT2D eigenvalue weighted by Crippen LogP contribution is 2.33. The van der Waals surface area contributed by atoms with Gasteiger partial charge >= 0.3 is 0 Å². The van der Waals surface area contributed by atoms with Gasteiger partial charge in [-0.25, -0.2) is 9.97 Å². The largest absolute Gasteiger partial charge is 0.322 e. The Labute approximate surface area is 149 Å². The van der Waals surface area contributed by atoms with Crippen LogP contribution in [-0.4, -0.2) is 9.97 Å². The molecule has 3 aromatic rings. The predicted octanol–water partition coefficient (Wildman–Crippen LogP) is 4.92. The lowest BCUT2D eigenvalue weighted by atomic mass is 9.88. The van der Waals surface area contributed by atoms with Crippen molar-refractivity contribution in [1.29, 1.82) is 0 Å². The van der Waals surface area contributed by atoms with Gasteiger partial charge in [-0.3, -0.25) is 0 Å². The van der Waals surface area contributed by atoms with E-state index in [1.54, 1.807) is 0 Å². The van der Waals surface area contributed by atoms with Crippen molar-refractivity contribution in [3.8, 4) is 0 Å². The molecule has 1 aliphatic rings. The van der Waals surface area contributed by atoms with E-state index in [1.165, 1.54) is 37.7 Å². The van der Waals surface area contributed by atoms with Crippen molar-refractivity contribution in [2.75, 3.05) is 0 Å². The van der Waals surface area contributed by atoms with E-state index in [-0.39, 0.29) is 6.04 Å². The summed E-state index contributed by atoms with van der Waals surface area (Å²) >= 11 is 0. The van der Waals surface area contributed by atoms with Crippen LogP contribution in [0.5, 0.6) is 0 Å². The number of hydrogen-bond acceptors (Lipinski definition) is 3. The van der Waals surface area contributed by atoms with Crippen LogP contribution in [0.4, 0.5) is 0 Å². The normalized spacial score (nSPS) is 16.8. The quantitative estimate of drug-likeness (QED) is 0.738. The van der Waals surface area contributed by atoms with Crippen molar-refractivity contribution in [3.63, 3.8) is 0 Å². The first-order valence-corrected chi connectivity index (χ1v) is 9.37. The molecule has 1 saturated carbocycles. The second-order valence-electron chi connectivity index (χ2n) is 7.12. The number of hydrogen-bond donors (Lipinski definition) is 1. The van der Waals surface area contributed by atoms with Gasteiger partial charge in [-0.1, -0.05) is 67.8 Å². The molecular weight excluding hydrogens is 306 g/mol. The molecule has 1 aromatic heterocycles. The van der Waals surface area contributed by atoms with Gasteiger partial charge < -0.3 is 5.73 Å². The van der Waals surface area contributed by atoms with Crippen LogP contribution in [0, 0.1) is 0 Å². The van der Waals surface area contributed by atoms with E-state index in [2.05, 4.69) is 36.4 Å². The molecule has 3 nitrogen and oxygen atoms in total. The number of aromatic nitrogens is 2. The number of rotatable bonds is 4. The molecule has 1 unspecified atom stereocenters. The van der Waals surface area contributed by atoms with Gasteiger partial charge in [0.1, 0.15) is 5.82 Å². The smallest absolute Gasteiger partial charge is 0.132 e. The molecule has 2 N–H and O–H groups in total. The Morgan fingerprint density at radius 2 is 1.60 bits per heavy atom. The lowest BCUT2D eigenvalue weighted by Gasteiger charge is -2.22. The van der Waals surface area contributed by atoms with Gasteiger partial charge in [-0.15, -0.1) is 0 Å². The molecule has 0 spiro atoms. The van der Waals surface area contributed by atoms with Gasteiger partial charge in [0.05, 0.1) is 17.3 Å². The van der Waals surface area contributed by atoms with Crippen LogP contribution in [0.1, 0.15) is 61.1 Å². The van der Waals surface area contributed by atoms with Gasteiger partial charge in [-0.2, -0.15) is 0 Å². The maximum atomic E-state index is 6.60. The summed E-state index contributed by atoms with van der Waals surface area (Å²) in [4.78, 5) is 9.87. The third kappa shape index (κ3) is 3.57. The van der Waals surface area contributed by atoms with Crippen molar-refractivity contribution >= 4 is 10.9 Å². The minimum absolute atomic E-state index is 0.113. The van der Waals surface area contributed by atoms with E-state index < -0.39 is 0 Å². The minimum atomic E-state index is -0.113. The number of nitrogens with zero attached hydrogens (tertiary/aromatic N) is 2. The Kier molecular flexibility index (Phi) is 4.75. The second-order valence-corrected chi connectivity index (χ2v) is 7.12. The molecule has 0 bridgehead atoms. The predicted molar refractivity (Wildman–Crippen MR) is 102 cm³/mol. The SMILES string of the molecule is NC(Cc1ccccc1)c1nc(C2CCCCC2)nc2ccccc12. The topological polar surface area (TPSA) is 51.8 Å². The lowest BCUT2D eigenvalue weighted by Crippen LogP contribution is -2.18. The fourth-order valence-electron chi connectivity index (χ4n) is 3.91. The summed E-state index contributed by atoms with van der Waals surface area (Å²) in [6.07, 6.45) is 7.10. The Bertz CT molecular complexity index is 838. The fourth-order valence-corrected chi connectivity index (χ4v) is 3.91. The first kappa shape index (κ1) is 16.2. The van der Waals surface area contributed by atoms with Crippen LogP contribution in [-0.2, 0) is 6.42 Å². The van der Waals surface area contributed by atoms with E-state index in [9.17, 15) is 0 Å². The van der Waals surface area contributed by atoms with Crippen molar-refractivity contribution < 1.29 is 0 Å². The zero-order valence-electron chi connectivity index (χ0n) is 14.6. The maximum absolute atomic E-state index is 6.60. The summed E-state index contributed by atoms with van der Waals surface area (Å²) in [5.74, 6) is 1.48. The van der Waals surface area contributed by atoms with Gasteiger partial charge in [-0.05, 0) is 30.9 Å². The van der Waals surface area contributed by atoms with Crippen molar-refractivity contribution in [3.05, 3.63) is 71.7 Å². The summed E-state index contributed by atoms with van der Waals surface area (Å²) < 4.78 is 0. The third-order valence-corrected chi connectivity index (χ3v) is 5.27. The molecule has 25 heavy (non-hydrogen) atoms. The van der Waals surface area contributed by atoms with Crippen LogP contribution in [0.15, 0.2) is 54.6 Å². The average molecular weight is 331 g/mol. The maximum Gasteiger partial charge on any atom is 0.132 e. The zero-order chi connectivity index (χ0) is 17.1. The van der Waals surface area contributed by atoms with Crippen LogP contribution >= 0.6 is 0 Å². The summed E-state index contributed by atoms with van der Waals surface area (Å²) in [5, 5.41) is 1.09. The first-order chi connectivity index (χ1) is 12.3. The Hall–Kier alpha value is -2.26. The highest BCUT2D eigenvalue weighted by molar-refractivity contribution is 5.81. The van der Waals surface area contributed by atoms with E-state index in [4.69, 9.17) is 15.7 Å². The van der Waals surface area contributed by atoms with Crippen molar-refractivity contribution in [2.45, 2.75) is 50.5 Å². The van der Waals surface area contributed by atoms with E-state index in [1.807, 2.05) is 18.2 Å². The molecule has 0 aliphatic heterocycles. The van der Waals surface area contributed by atoms with Gasteiger partial charge in [0.25, 0.3) is 0 Å². The summed E-state index contributed by atoms with van der Waals surface area (Å²) in [6.45, 7) is 0. The molecule has 1 fully saturated rings.